The Kier molecular flexibility index (Phi) is 4.61. The van der Waals surface area contributed by atoms with Gasteiger partial charge in [-0.3, -0.25) is 4.90 Å². The fourth-order valence-corrected chi connectivity index (χ4v) is 3.91. The second kappa shape index (κ2) is 6.33. The quantitative estimate of drug-likeness (QED) is 0.733. The van der Waals surface area contributed by atoms with Gasteiger partial charge in [-0.25, -0.2) is 0 Å². The lowest BCUT2D eigenvalue weighted by Gasteiger charge is -2.37. The first kappa shape index (κ1) is 16.0. The molecule has 2 heteroatoms. The molecule has 22 heavy (non-hydrogen) atoms. The summed E-state index contributed by atoms with van der Waals surface area (Å²) in [6.07, 6.45) is 5.20. The normalized spacial score (nSPS) is 24.8. The minimum atomic E-state index is 0.262. The molecular weight excluding hydrogens is 268 g/mol. The molecule has 0 aromatic heterocycles. The van der Waals surface area contributed by atoms with Gasteiger partial charge in [0.1, 0.15) is 0 Å². The highest BCUT2D eigenvalue weighted by Gasteiger charge is 2.25. The lowest BCUT2D eigenvalue weighted by molar-refractivity contribution is 0.104. The van der Waals surface area contributed by atoms with E-state index in [9.17, 15) is 0 Å². The van der Waals surface area contributed by atoms with Gasteiger partial charge in [0.25, 0.3) is 0 Å². The van der Waals surface area contributed by atoms with Crippen LogP contribution in [0.4, 0.5) is 0 Å². The third-order valence-electron chi connectivity index (χ3n) is 5.62. The molecule has 1 aliphatic carbocycles. The van der Waals surface area contributed by atoms with E-state index >= 15 is 0 Å². The highest BCUT2D eigenvalue weighted by molar-refractivity contribution is 5.36. The number of fused-ring (bicyclic) bond motifs is 1. The zero-order valence-corrected chi connectivity index (χ0v) is 14.9. The van der Waals surface area contributed by atoms with Gasteiger partial charge in [0, 0.05) is 32.2 Å². The first-order valence-electron chi connectivity index (χ1n) is 8.98. The first-order valence-corrected chi connectivity index (χ1v) is 8.98. The summed E-state index contributed by atoms with van der Waals surface area (Å²) in [5.41, 5.74) is 4.97. The second-order valence-electron chi connectivity index (χ2n) is 8.30. The molecule has 122 valence electrons. The number of aryl methyl sites for hydroxylation is 2. The van der Waals surface area contributed by atoms with E-state index in [4.69, 9.17) is 0 Å². The molecule has 3 rings (SSSR count). The topological polar surface area (TPSA) is 6.48 Å². The molecule has 0 saturated carbocycles. The molecule has 1 aromatic rings. The predicted octanol–water partition coefficient (Wildman–Crippen LogP) is 3.48. The number of hydrogen-bond donors (Lipinski definition) is 0. The Morgan fingerprint density at radius 1 is 0.909 bits per heavy atom. The molecule has 0 amide bonds. The lowest BCUT2D eigenvalue weighted by Crippen LogP contribution is -2.49. The van der Waals surface area contributed by atoms with Crippen LogP contribution in [0.25, 0.3) is 0 Å². The van der Waals surface area contributed by atoms with E-state index in [1.54, 1.807) is 11.1 Å². The molecule has 0 radical (unpaired) electrons. The van der Waals surface area contributed by atoms with Gasteiger partial charge < -0.3 is 4.90 Å². The molecule has 2 nitrogen and oxygen atoms in total. The van der Waals surface area contributed by atoms with E-state index in [2.05, 4.69) is 55.8 Å². The number of hydrogen-bond acceptors (Lipinski definition) is 2. The molecule has 1 heterocycles. The fourth-order valence-electron chi connectivity index (χ4n) is 3.91. The van der Waals surface area contributed by atoms with Crippen LogP contribution in [0.2, 0.25) is 0 Å². The van der Waals surface area contributed by atoms with E-state index in [1.807, 2.05) is 0 Å². The fraction of sp³-hybridized carbons (Fsp3) is 0.700. The maximum Gasteiger partial charge on any atom is 0.0113 e. The van der Waals surface area contributed by atoms with Crippen LogP contribution in [0.5, 0.6) is 0 Å². The Morgan fingerprint density at radius 2 is 1.55 bits per heavy atom. The lowest BCUT2D eigenvalue weighted by atomic mass is 9.84. The summed E-state index contributed by atoms with van der Waals surface area (Å²) in [5.74, 6) is 0. The van der Waals surface area contributed by atoms with Gasteiger partial charge in [-0.05, 0) is 54.8 Å². The molecule has 1 aliphatic heterocycles. The van der Waals surface area contributed by atoms with Crippen molar-refractivity contribution in [1.82, 2.24) is 9.80 Å². The van der Waals surface area contributed by atoms with Gasteiger partial charge in [0.05, 0.1) is 0 Å². The van der Waals surface area contributed by atoms with Gasteiger partial charge >= 0.3 is 0 Å². The van der Waals surface area contributed by atoms with Crippen LogP contribution in [-0.4, -0.2) is 49.1 Å². The number of benzene rings is 1. The molecule has 1 atom stereocenters. The van der Waals surface area contributed by atoms with Crippen molar-refractivity contribution in [3.63, 3.8) is 0 Å². The van der Waals surface area contributed by atoms with E-state index in [0.29, 0.717) is 0 Å². The summed E-state index contributed by atoms with van der Waals surface area (Å²) in [7, 11) is 2.24. The smallest absolute Gasteiger partial charge is 0.0113 e. The van der Waals surface area contributed by atoms with Crippen LogP contribution < -0.4 is 0 Å². The monoisotopic (exact) mass is 300 g/mol. The van der Waals surface area contributed by atoms with Crippen molar-refractivity contribution in [2.24, 2.45) is 0 Å². The Bertz CT molecular complexity index is 507. The van der Waals surface area contributed by atoms with Gasteiger partial charge in [0.15, 0.2) is 0 Å². The SMILES string of the molecule is CN1CCN(C2CCc3ccc(C(C)(C)C)cc3CC2)CC1. The van der Waals surface area contributed by atoms with Gasteiger partial charge in [-0.1, -0.05) is 39.0 Å². The summed E-state index contributed by atoms with van der Waals surface area (Å²) < 4.78 is 0. The zero-order valence-electron chi connectivity index (χ0n) is 14.9. The van der Waals surface area contributed by atoms with Crippen LogP contribution >= 0.6 is 0 Å². The van der Waals surface area contributed by atoms with E-state index in [0.717, 1.165) is 6.04 Å². The van der Waals surface area contributed by atoms with Gasteiger partial charge in [-0.15, -0.1) is 0 Å². The van der Waals surface area contributed by atoms with Crippen molar-refractivity contribution < 1.29 is 0 Å². The molecule has 2 aliphatic rings. The summed E-state index contributed by atoms with van der Waals surface area (Å²) in [6, 6.07) is 8.04. The molecular formula is C20H32N2. The van der Waals surface area contributed by atoms with Crippen molar-refractivity contribution in [2.75, 3.05) is 33.2 Å². The van der Waals surface area contributed by atoms with Crippen LogP contribution in [0.3, 0.4) is 0 Å². The first-order chi connectivity index (χ1) is 10.4. The molecule has 0 spiro atoms. The third-order valence-corrected chi connectivity index (χ3v) is 5.62. The van der Waals surface area contributed by atoms with Crippen LogP contribution in [0.15, 0.2) is 18.2 Å². The molecule has 0 N–H and O–H groups in total. The van der Waals surface area contributed by atoms with Gasteiger partial charge in [0.2, 0.25) is 0 Å². The minimum absolute atomic E-state index is 0.262. The minimum Gasteiger partial charge on any atom is -0.304 e. The maximum atomic E-state index is 2.75. The standard InChI is InChI=1S/C20H32N2/c1-20(2,3)18-8-5-16-6-9-19(10-7-17(16)15-18)22-13-11-21(4)12-14-22/h5,8,15,19H,6-7,9-14H2,1-4H3. The largest absolute Gasteiger partial charge is 0.304 e. The molecule has 1 fully saturated rings. The van der Waals surface area contributed by atoms with Crippen LogP contribution in [0, 0.1) is 0 Å². The summed E-state index contributed by atoms with van der Waals surface area (Å²) >= 11 is 0. The third kappa shape index (κ3) is 3.55. The highest BCUT2D eigenvalue weighted by atomic mass is 15.3. The van der Waals surface area contributed by atoms with Gasteiger partial charge in [-0.2, -0.15) is 0 Å². The van der Waals surface area contributed by atoms with E-state index in [-0.39, 0.29) is 5.41 Å². The summed E-state index contributed by atoms with van der Waals surface area (Å²) in [6.45, 7) is 11.9. The highest BCUT2D eigenvalue weighted by Crippen LogP contribution is 2.29. The Labute approximate surface area is 136 Å². The number of rotatable bonds is 1. The molecule has 1 aromatic carbocycles. The Balaban J connectivity index is 1.70. The van der Waals surface area contributed by atoms with Crippen molar-refractivity contribution in [1.29, 1.82) is 0 Å². The maximum absolute atomic E-state index is 2.75. The molecule has 1 saturated heterocycles. The predicted molar refractivity (Wildman–Crippen MR) is 94.6 cm³/mol. The molecule has 1 unspecified atom stereocenters. The number of likely N-dealkylation sites (N-methyl/N-ethyl adjacent to an activating group) is 1. The van der Waals surface area contributed by atoms with Crippen molar-refractivity contribution in [2.45, 2.75) is 57.9 Å². The van der Waals surface area contributed by atoms with Crippen LogP contribution in [0.1, 0.15) is 50.3 Å². The van der Waals surface area contributed by atoms with E-state index in [1.165, 1.54) is 57.4 Å². The number of piperazine rings is 1. The van der Waals surface area contributed by atoms with E-state index < -0.39 is 0 Å². The number of nitrogens with zero attached hydrogens (tertiary/aromatic N) is 2. The summed E-state index contributed by atoms with van der Waals surface area (Å²) in [4.78, 5) is 5.20. The van der Waals surface area contributed by atoms with Crippen molar-refractivity contribution in [3.8, 4) is 0 Å². The van der Waals surface area contributed by atoms with Crippen LogP contribution in [-0.2, 0) is 18.3 Å². The average molecular weight is 300 g/mol. The van der Waals surface area contributed by atoms with Crippen molar-refractivity contribution >= 4 is 0 Å². The average Bonchev–Trinajstić information content (AvgIpc) is 2.69. The Hall–Kier alpha value is -0.860. The zero-order chi connectivity index (χ0) is 15.7. The summed E-state index contributed by atoms with van der Waals surface area (Å²) in [5, 5.41) is 0. The molecule has 0 bridgehead atoms. The Morgan fingerprint density at radius 3 is 2.18 bits per heavy atom. The second-order valence-corrected chi connectivity index (χ2v) is 8.30. The van der Waals surface area contributed by atoms with Crippen molar-refractivity contribution in [3.05, 3.63) is 34.9 Å².